The Morgan fingerprint density at radius 2 is 2.39 bits per heavy atom. The van der Waals surface area contributed by atoms with Crippen LogP contribution in [-0.4, -0.2) is 33.2 Å². The van der Waals surface area contributed by atoms with Gasteiger partial charge in [0.1, 0.15) is 0 Å². The van der Waals surface area contributed by atoms with Gasteiger partial charge in [0.25, 0.3) is 0 Å². The van der Waals surface area contributed by atoms with Gasteiger partial charge >= 0.3 is 5.97 Å². The topological polar surface area (TPSA) is 84.3 Å². The lowest BCUT2D eigenvalue weighted by atomic mass is 9.74. The molecule has 6 heteroatoms. The van der Waals surface area contributed by atoms with Gasteiger partial charge in [0.2, 0.25) is 11.8 Å². The summed E-state index contributed by atoms with van der Waals surface area (Å²) in [6.07, 6.45) is 4.40. The molecule has 1 fully saturated rings. The third-order valence-electron chi connectivity index (χ3n) is 3.10. The molecule has 0 radical (unpaired) electrons. The Morgan fingerprint density at radius 1 is 1.61 bits per heavy atom. The van der Waals surface area contributed by atoms with Crippen LogP contribution in [0.1, 0.15) is 32.6 Å². The number of nitrogens with one attached hydrogen (secondary N) is 1. The number of anilines is 1. The van der Waals surface area contributed by atoms with E-state index in [0.29, 0.717) is 18.4 Å². The van der Waals surface area contributed by atoms with E-state index in [1.807, 2.05) is 6.92 Å². The Kier molecular flexibility index (Phi) is 3.64. The normalized spacial score (nSPS) is 16.7. The lowest BCUT2D eigenvalue weighted by Crippen LogP contribution is -2.47. The maximum atomic E-state index is 10.9. The molecule has 0 unspecified atom stereocenters. The van der Waals surface area contributed by atoms with Crippen molar-refractivity contribution in [2.75, 3.05) is 11.9 Å². The molecule has 2 N–H and O–H groups in total. The number of rotatable bonds is 6. The highest BCUT2D eigenvalue weighted by molar-refractivity contribution is 5.69. The highest BCUT2D eigenvalue weighted by Crippen LogP contribution is 2.37. The van der Waals surface area contributed by atoms with E-state index in [2.05, 4.69) is 15.3 Å². The second-order valence-electron chi connectivity index (χ2n) is 4.48. The van der Waals surface area contributed by atoms with Crippen LogP contribution in [0.15, 0.2) is 12.3 Å². The third-order valence-corrected chi connectivity index (χ3v) is 3.10. The molecule has 1 aromatic rings. The van der Waals surface area contributed by atoms with Crippen LogP contribution < -0.4 is 10.1 Å². The van der Waals surface area contributed by atoms with Crippen LogP contribution in [0.5, 0.6) is 5.88 Å². The highest BCUT2D eigenvalue weighted by atomic mass is 16.5. The van der Waals surface area contributed by atoms with Crippen LogP contribution in [0.3, 0.4) is 0 Å². The molecule has 1 aliphatic carbocycles. The minimum absolute atomic E-state index is 0.0925. The average molecular weight is 251 g/mol. The van der Waals surface area contributed by atoms with Gasteiger partial charge in [-0.1, -0.05) is 0 Å². The minimum atomic E-state index is -0.803. The molecule has 1 saturated carbocycles. The Labute approximate surface area is 105 Å². The first-order valence-corrected chi connectivity index (χ1v) is 6.09. The van der Waals surface area contributed by atoms with Crippen molar-refractivity contribution in [1.82, 2.24) is 9.97 Å². The van der Waals surface area contributed by atoms with Crippen LogP contribution in [0.25, 0.3) is 0 Å². The van der Waals surface area contributed by atoms with E-state index in [0.717, 1.165) is 19.3 Å². The van der Waals surface area contributed by atoms with Crippen molar-refractivity contribution in [3.8, 4) is 5.88 Å². The first-order valence-electron chi connectivity index (χ1n) is 6.09. The molecule has 98 valence electrons. The Morgan fingerprint density at radius 3 is 2.94 bits per heavy atom. The number of nitrogens with zero attached hydrogens (tertiary/aromatic N) is 2. The zero-order valence-corrected chi connectivity index (χ0v) is 10.3. The molecule has 0 bridgehead atoms. The zero-order valence-electron chi connectivity index (χ0n) is 10.3. The molecule has 1 aliphatic rings. The predicted molar refractivity (Wildman–Crippen MR) is 65.7 cm³/mol. The summed E-state index contributed by atoms with van der Waals surface area (Å²) in [5.74, 6) is 0.130. The molecular weight excluding hydrogens is 234 g/mol. The Hall–Kier alpha value is -1.85. The first kappa shape index (κ1) is 12.6. The molecule has 6 nitrogen and oxygen atoms in total. The van der Waals surface area contributed by atoms with Gasteiger partial charge in [0.05, 0.1) is 18.6 Å². The number of aromatic nitrogens is 2. The molecule has 0 aromatic carbocycles. The van der Waals surface area contributed by atoms with Gasteiger partial charge < -0.3 is 15.2 Å². The van der Waals surface area contributed by atoms with Crippen molar-refractivity contribution in [1.29, 1.82) is 0 Å². The van der Waals surface area contributed by atoms with Crippen molar-refractivity contribution in [2.24, 2.45) is 0 Å². The molecule has 1 heterocycles. The molecule has 0 aliphatic heterocycles. The number of ether oxygens (including phenoxy) is 1. The smallest absolute Gasteiger partial charge is 0.305 e. The van der Waals surface area contributed by atoms with E-state index >= 15 is 0 Å². The monoisotopic (exact) mass is 251 g/mol. The Balaban J connectivity index is 2.07. The summed E-state index contributed by atoms with van der Waals surface area (Å²) in [5.41, 5.74) is -0.392. The largest absolute Gasteiger partial charge is 0.481 e. The van der Waals surface area contributed by atoms with Crippen LogP contribution in [0.2, 0.25) is 0 Å². The van der Waals surface area contributed by atoms with Gasteiger partial charge in [-0.25, -0.2) is 4.98 Å². The maximum absolute atomic E-state index is 10.9. The minimum Gasteiger partial charge on any atom is -0.481 e. The van der Waals surface area contributed by atoms with E-state index in [1.54, 1.807) is 12.3 Å². The molecule has 0 spiro atoms. The fourth-order valence-electron chi connectivity index (χ4n) is 2.11. The number of carboxylic acid groups (broad SMARTS) is 1. The van der Waals surface area contributed by atoms with Crippen molar-refractivity contribution in [3.63, 3.8) is 0 Å². The van der Waals surface area contributed by atoms with Gasteiger partial charge in [0.15, 0.2) is 0 Å². The zero-order chi connectivity index (χ0) is 13.0. The summed E-state index contributed by atoms with van der Waals surface area (Å²) in [4.78, 5) is 19.2. The molecule has 0 atom stereocenters. The molecule has 0 saturated heterocycles. The van der Waals surface area contributed by atoms with Gasteiger partial charge in [-0.05, 0) is 26.2 Å². The van der Waals surface area contributed by atoms with Crippen molar-refractivity contribution in [2.45, 2.75) is 38.1 Å². The first-order chi connectivity index (χ1) is 8.63. The number of carbonyl (C=O) groups is 1. The van der Waals surface area contributed by atoms with E-state index in [1.165, 1.54) is 0 Å². The lowest BCUT2D eigenvalue weighted by Gasteiger charge is -2.41. The number of hydrogen-bond donors (Lipinski definition) is 2. The van der Waals surface area contributed by atoms with Crippen molar-refractivity contribution in [3.05, 3.63) is 12.3 Å². The summed E-state index contributed by atoms with van der Waals surface area (Å²) < 4.78 is 5.29. The quantitative estimate of drug-likeness (QED) is 0.800. The van der Waals surface area contributed by atoms with Crippen LogP contribution in [0, 0.1) is 0 Å². The Bertz CT molecular complexity index is 432. The van der Waals surface area contributed by atoms with Gasteiger partial charge in [-0.3, -0.25) is 4.79 Å². The standard InChI is InChI=1S/C12H17N3O3/c1-2-18-9-4-7-13-11(14-9)15-12(5-3-6-12)8-10(16)17/h4,7H,2-3,5-6,8H2,1H3,(H,16,17)(H,13,14,15). The second-order valence-corrected chi connectivity index (χ2v) is 4.48. The fraction of sp³-hybridized carbons (Fsp3) is 0.583. The van der Waals surface area contributed by atoms with Gasteiger partial charge in [-0.2, -0.15) is 4.98 Å². The second kappa shape index (κ2) is 5.20. The van der Waals surface area contributed by atoms with E-state index < -0.39 is 11.5 Å². The lowest BCUT2D eigenvalue weighted by molar-refractivity contribution is -0.138. The third kappa shape index (κ3) is 2.88. The summed E-state index contributed by atoms with van der Waals surface area (Å²) in [6, 6.07) is 1.68. The SMILES string of the molecule is CCOc1ccnc(NC2(CC(=O)O)CCC2)n1. The number of aliphatic carboxylic acids is 1. The van der Waals surface area contributed by atoms with Crippen LogP contribution in [0.4, 0.5) is 5.95 Å². The van der Waals surface area contributed by atoms with E-state index in [-0.39, 0.29) is 6.42 Å². The summed E-state index contributed by atoms with van der Waals surface area (Å²) in [6.45, 7) is 2.42. The highest BCUT2D eigenvalue weighted by Gasteiger charge is 2.39. The molecule has 1 aromatic heterocycles. The van der Waals surface area contributed by atoms with Crippen LogP contribution in [-0.2, 0) is 4.79 Å². The predicted octanol–water partition coefficient (Wildman–Crippen LogP) is 1.68. The fourth-order valence-corrected chi connectivity index (χ4v) is 2.11. The summed E-state index contributed by atoms with van der Waals surface area (Å²) >= 11 is 0. The van der Waals surface area contributed by atoms with Gasteiger partial charge in [-0.15, -0.1) is 0 Å². The number of hydrogen-bond acceptors (Lipinski definition) is 5. The molecule has 2 rings (SSSR count). The summed E-state index contributed by atoms with van der Waals surface area (Å²) in [5, 5.41) is 12.1. The van der Waals surface area contributed by atoms with E-state index in [9.17, 15) is 4.79 Å². The average Bonchev–Trinajstić information content (AvgIpc) is 2.26. The van der Waals surface area contributed by atoms with Crippen molar-refractivity contribution < 1.29 is 14.6 Å². The molecule has 0 amide bonds. The number of carboxylic acids is 1. The van der Waals surface area contributed by atoms with E-state index in [4.69, 9.17) is 9.84 Å². The van der Waals surface area contributed by atoms with Gasteiger partial charge in [0, 0.05) is 12.3 Å². The molecular formula is C12H17N3O3. The maximum Gasteiger partial charge on any atom is 0.305 e. The van der Waals surface area contributed by atoms with Crippen LogP contribution >= 0.6 is 0 Å². The van der Waals surface area contributed by atoms with Crippen molar-refractivity contribution >= 4 is 11.9 Å². The molecule has 18 heavy (non-hydrogen) atoms. The summed E-state index contributed by atoms with van der Waals surface area (Å²) in [7, 11) is 0.